The van der Waals surface area contributed by atoms with Crippen LogP contribution in [0.2, 0.25) is 0 Å². The normalized spacial score (nSPS) is 12.9. The van der Waals surface area contributed by atoms with Crippen LogP contribution in [0.1, 0.15) is 31.4 Å². The van der Waals surface area contributed by atoms with Crippen LogP contribution in [0.4, 0.5) is 0 Å². The number of thioether (sulfide) groups is 2. The van der Waals surface area contributed by atoms with E-state index in [-0.39, 0.29) is 17.6 Å². The summed E-state index contributed by atoms with van der Waals surface area (Å²) in [5.41, 5.74) is 7.76. The van der Waals surface area contributed by atoms with Crippen LogP contribution in [0.25, 0.3) is 0 Å². The molecule has 0 unspecified atom stereocenters. The summed E-state index contributed by atoms with van der Waals surface area (Å²) in [5, 5.41) is 2.79. The fourth-order valence-electron chi connectivity index (χ4n) is 2.68. The second kappa shape index (κ2) is 13.6. The maximum Gasteiger partial charge on any atom is 0.328 e. The van der Waals surface area contributed by atoms with Crippen molar-refractivity contribution >= 4 is 40.5 Å². The van der Waals surface area contributed by atoms with Crippen molar-refractivity contribution < 1.29 is 19.1 Å². The number of hydrogen-bond donors (Lipinski definition) is 2. The first-order valence-electron chi connectivity index (χ1n) is 9.29. The first kappa shape index (κ1) is 24.5. The third-order valence-corrected chi connectivity index (χ3v) is 5.78. The quantitative estimate of drug-likeness (QED) is 0.495. The summed E-state index contributed by atoms with van der Waals surface area (Å²) in [6, 6.07) is 7.00. The minimum Gasteiger partial charge on any atom is -0.464 e. The number of nitrogens with two attached hydrogens (primary N) is 1. The summed E-state index contributed by atoms with van der Waals surface area (Å²) in [6.45, 7) is 3.86. The zero-order valence-corrected chi connectivity index (χ0v) is 18.4. The van der Waals surface area contributed by atoms with Gasteiger partial charge < -0.3 is 15.8 Å². The van der Waals surface area contributed by atoms with E-state index in [1.807, 2.05) is 30.5 Å². The predicted molar refractivity (Wildman–Crippen MR) is 116 cm³/mol. The summed E-state index contributed by atoms with van der Waals surface area (Å²) < 4.78 is 5.10. The van der Waals surface area contributed by atoms with Crippen molar-refractivity contribution in [1.29, 1.82) is 0 Å². The average Bonchev–Trinajstić information content (AvgIpc) is 2.68. The standard InChI is InChI=1S/C20H30N2O4S2/c1-4-26-20(25)18(9-10-27-3)22-19(24)17(13-28-14(2)23)11-15-7-5-6-8-16(15)12-21/h5-8,17-18H,4,9-13,21H2,1-3H3,(H,22,24)/t17-,18+/m1/s1. The van der Waals surface area contributed by atoms with E-state index in [4.69, 9.17) is 10.5 Å². The third kappa shape index (κ3) is 8.67. The lowest BCUT2D eigenvalue weighted by Gasteiger charge is -2.22. The van der Waals surface area contributed by atoms with Crippen molar-refractivity contribution in [2.45, 2.75) is 39.3 Å². The van der Waals surface area contributed by atoms with Gasteiger partial charge in [0.1, 0.15) is 6.04 Å². The molecule has 0 aliphatic rings. The van der Waals surface area contributed by atoms with E-state index in [2.05, 4.69) is 5.32 Å². The largest absolute Gasteiger partial charge is 0.464 e. The van der Waals surface area contributed by atoms with Gasteiger partial charge in [-0.15, -0.1) is 0 Å². The first-order valence-corrected chi connectivity index (χ1v) is 11.7. The molecule has 3 N–H and O–H groups in total. The second-order valence-corrected chi connectivity index (χ2v) is 8.45. The Morgan fingerprint density at radius 2 is 1.89 bits per heavy atom. The Bertz CT molecular complexity index is 655. The van der Waals surface area contributed by atoms with E-state index in [0.717, 1.165) is 28.6 Å². The van der Waals surface area contributed by atoms with Crippen molar-refractivity contribution in [3.8, 4) is 0 Å². The molecule has 0 bridgehead atoms. The maximum atomic E-state index is 13.0. The van der Waals surface area contributed by atoms with Gasteiger partial charge in [-0.2, -0.15) is 11.8 Å². The molecule has 0 spiro atoms. The van der Waals surface area contributed by atoms with Crippen molar-refractivity contribution in [3.05, 3.63) is 35.4 Å². The van der Waals surface area contributed by atoms with Gasteiger partial charge in [0.15, 0.2) is 5.12 Å². The molecule has 0 saturated heterocycles. The smallest absolute Gasteiger partial charge is 0.328 e. The third-order valence-electron chi connectivity index (χ3n) is 4.16. The van der Waals surface area contributed by atoms with Gasteiger partial charge in [0.25, 0.3) is 0 Å². The van der Waals surface area contributed by atoms with Gasteiger partial charge >= 0.3 is 5.97 Å². The van der Waals surface area contributed by atoms with Crippen LogP contribution < -0.4 is 11.1 Å². The van der Waals surface area contributed by atoms with E-state index < -0.39 is 17.9 Å². The molecular weight excluding hydrogens is 396 g/mol. The topological polar surface area (TPSA) is 98.5 Å². The average molecular weight is 427 g/mol. The molecular formula is C20H30N2O4S2. The molecule has 0 aliphatic heterocycles. The minimum atomic E-state index is -0.686. The Labute approximate surface area is 175 Å². The molecule has 2 atom stereocenters. The molecule has 1 aromatic rings. The zero-order valence-electron chi connectivity index (χ0n) is 16.7. The molecule has 6 nitrogen and oxygen atoms in total. The Kier molecular flexibility index (Phi) is 11.9. The fraction of sp³-hybridized carbons (Fsp3) is 0.550. The van der Waals surface area contributed by atoms with Crippen molar-refractivity contribution in [2.75, 3.05) is 24.4 Å². The lowest BCUT2D eigenvalue weighted by atomic mass is 9.95. The molecule has 0 radical (unpaired) electrons. The monoisotopic (exact) mass is 426 g/mol. The van der Waals surface area contributed by atoms with Gasteiger partial charge in [0.05, 0.1) is 12.5 Å². The molecule has 28 heavy (non-hydrogen) atoms. The maximum absolute atomic E-state index is 13.0. The molecule has 1 rings (SSSR count). The van der Waals surface area contributed by atoms with Crippen LogP contribution in [0, 0.1) is 5.92 Å². The molecule has 8 heteroatoms. The highest BCUT2D eigenvalue weighted by Crippen LogP contribution is 2.19. The van der Waals surface area contributed by atoms with E-state index in [0.29, 0.717) is 25.1 Å². The number of esters is 1. The van der Waals surface area contributed by atoms with Crippen LogP contribution >= 0.6 is 23.5 Å². The molecule has 0 aliphatic carbocycles. The minimum absolute atomic E-state index is 0.0470. The van der Waals surface area contributed by atoms with Gasteiger partial charge in [-0.3, -0.25) is 9.59 Å². The van der Waals surface area contributed by atoms with Crippen LogP contribution in [-0.4, -0.2) is 47.4 Å². The summed E-state index contributed by atoms with van der Waals surface area (Å²) >= 11 is 2.71. The Balaban J connectivity index is 2.95. The van der Waals surface area contributed by atoms with Gasteiger partial charge in [0.2, 0.25) is 5.91 Å². The van der Waals surface area contributed by atoms with Crippen LogP contribution in [-0.2, 0) is 32.1 Å². The van der Waals surface area contributed by atoms with E-state index in [9.17, 15) is 14.4 Å². The number of ether oxygens (including phenoxy) is 1. The second-order valence-electron chi connectivity index (χ2n) is 6.27. The van der Waals surface area contributed by atoms with Gasteiger partial charge in [-0.1, -0.05) is 36.0 Å². The van der Waals surface area contributed by atoms with E-state index in [1.165, 1.54) is 6.92 Å². The van der Waals surface area contributed by atoms with Crippen molar-refractivity contribution in [3.63, 3.8) is 0 Å². The number of rotatable bonds is 12. The van der Waals surface area contributed by atoms with Crippen molar-refractivity contribution in [2.24, 2.45) is 11.7 Å². The highest BCUT2D eigenvalue weighted by atomic mass is 32.2. The number of hydrogen-bond acceptors (Lipinski definition) is 7. The first-order chi connectivity index (χ1) is 13.4. The SMILES string of the molecule is CCOC(=O)[C@H](CCSC)NC(=O)[C@@H](CSC(C)=O)Cc1ccccc1CN. The fourth-order valence-corrected chi connectivity index (χ4v) is 3.86. The Hall–Kier alpha value is -1.51. The molecule has 1 aromatic carbocycles. The molecule has 0 aromatic heterocycles. The summed E-state index contributed by atoms with van der Waals surface area (Å²) in [4.78, 5) is 36.6. The van der Waals surface area contributed by atoms with Crippen LogP contribution in [0.5, 0.6) is 0 Å². The van der Waals surface area contributed by atoms with Crippen LogP contribution in [0.15, 0.2) is 24.3 Å². The number of carbonyl (C=O) groups excluding carboxylic acids is 3. The van der Waals surface area contributed by atoms with Crippen LogP contribution in [0.3, 0.4) is 0 Å². The summed E-state index contributed by atoms with van der Waals surface area (Å²) in [5.74, 6) is -0.0529. The summed E-state index contributed by atoms with van der Waals surface area (Å²) in [7, 11) is 0. The number of nitrogens with one attached hydrogen (secondary N) is 1. The molecule has 156 valence electrons. The molecule has 0 heterocycles. The molecule has 0 saturated carbocycles. The molecule has 1 amide bonds. The van der Waals surface area contributed by atoms with Gasteiger partial charge in [-0.05, 0) is 42.9 Å². The van der Waals surface area contributed by atoms with E-state index in [1.54, 1.807) is 18.7 Å². The lowest BCUT2D eigenvalue weighted by Crippen LogP contribution is -2.46. The number of carbonyl (C=O) groups is 3. The van der Waals surface area contributed by atoms with Gasteiger partial charge in [0, 0.05) is 19.2 Å². The Morgan fingerprint density at radius 1 is 1.21 bits per heavy atom. The number of benzene rings is 1. The highest BCUT2D eigenvalue weighted by Gasteiger charge is 2.27. The van der Waals surface area contributed by atoms with Crippen molar-refractivity contribution in [1.82, 2.24) is 5.32 Å². The zero-order chi connectivity index (χ0) is 20.9. The summed E-state index contributed by atoms with van der Waals surface area (Å²) in [6.07, 6.45) is 2.90. The molecule has 0 fully saturated rings. The number of amides is 1. The highest BCUT2D eigenvalue weighted by molar-refractivity contribution is 8.13. The Morgan fingerprint density at radius 3 is 2.46 bits per heavy atom. The van der Waals surface area contributed by atoms with Gasteiger partial charge in [-0.25, -0.2) is 4.79 Å². The van der Waals surface area contributed by atoms with E-state index >= 15 is 0 Å². The predicted octanol–water partition coefficient (Wildman–Crippen LogP) is 2.38. The lowest BCUT2D eigenvalue weighted by molar-refractivity contribution is -0.147.